The third-order valence-electron chi connectivity index (χ3n) is 4.65. The van der Waals surface area contributed by atoms with E-state index in [1.54, 1.807) is 31.4 Å². The van der Waals surface area contributed by atoms with E-state index >= 15 is 0 Å². The van der Waals surface area contributed by atoms with Gasteiger partial charge in [-0.1, -0.05) is 11.6 Å². The fraction of sp³-hybridized carbons (Fsp3) is 0.316. The van der Waals surface area contributed by atoms with E-state index in [0.29, 0.717) is 22.5 Å². The van der Waals surface area contributed by atoms with Crippen LogP contribution in [0, 0.1) is 0 Å². The molecule has 0 unspecified atom stereocenters. The Hall–Kier alpha value is -2.80. The van der Waals surface area contributed by atoms with Crippen LogP contribution in [0.3, 0.4) is 0 Å². The Balaban J connectivity index is 1.35. The fourth-order valence-corrected chi connectivity index (χ4v) is 3.31. The second-order valence-corrected chi connectivity index (χ2v) is 6.87. The number of amides is 1. The monoisotopic (exact) mass is 386 g/mol. The number of fused-ring (bicyclic) bond motifs is 1. The smallest absolute Gasteiger partial charge is 0.298 e. The van der Waals surface area contributed by atoms with Gasteiger partial charge < -0.3 is 19.4 Å². The van der Waals surface area contributed by atoms with Crippen molar-refractivity contribution in [2.75, 3.05) is 25.1 Å². The highest BCUT2D eigenvalue weighted by molar-refractivity contribution is 6.31. The van der Waals surface area contributed by atoms with E-state index in [1.165, 1.54) is 6.20 Å². The molecule has 3 heterocycles. The van der Waals surface area contributed by atoms with Crippen molar-refractivity contribution >= 4 is 34.6 Å². The predicted molar refractivity (Wildman–Crippen MR) is 103 cm³/mol. The number of benzene rings is 1. The second-order valence-electron chi connectivity index (χ2n) is 6.43. The van der Waals surface area contributed by atoms with E-state index in [0.717, 1.165) is 37.0 Å². The Labute approximate surface area is 161 Å². The van der Waals surface area contributed by atoms with Crippen LogP contribution in [0.4, 0.5) is 6.01 Å². The highest BCUT2D eigenvalue weighted by Crippen LogP contribution is 2.26. The number of pyridine rings is 1. The fourth-order valence-electron chi connectivity index (χ4n) is 3.14. The highest BCUT2D eigenvalue weighted by Gasteiger charge is 2.24. The lowest BCUT2D eigenvalue weighted by molar-refractivity contribution is 0.0930. The topological polar surface area (TPSA) is 80.5 Å². The summed E-state index contributed by atoms with van der Waals surface area (Å²) < 4.78 is 10.8. The molecule has 1 amide bonds. The number of anilines is 1. The van der Waals surface area contributed by atoms with E-state index < -0.39 is 0 Å². The van der Waals surface area contributed by atoms with Crippen LogP contribution in [0.25, 0.3) is 11.1 Å². The Morgan fingerprint density at radius 2 is 2.11 bits per heavy atom. The summed E-state index contributed by atoms with van der Waals surface area (Å²) in [7, 11) is 1.54. The van der Waals surface area contributed by atoms with Crippen LogP contribution in [-0.2, 0) is 0 Å². The lowest BCUT2D eigenvalue weighted by atomic mass is 10.0. The Morgan fingerprint density at radius 3 is 2.81 bits per heavy atom. The molecule has 1 aliphatic rings. The van der Waals surface area contributed by atoms with E-state index in [-0.39, 0.29) is 11.9 Å². The first kappa shape index (κ1) is 17.6. The number of hydrogen-bond donors (Lipinski definition) is 1. The van der Waals surface area contributed by atoms with Gasteiger partial charge in [0.2, 0.25) is 5.88 Å². The molecule has 0 aliphatic carbocycles. The summed E-state index contributed by atoms with van der Waals surface area (Å²) in [6.07, 6.45) is 3.15. The SMILES string of the molecule is COc1ccc(C(=O)NC2CCN(c3nc4cc(Cl)ccc4o3)CC2)cn1. The molecule has 0 atom stereocenters. The summed E-state index contributed by atoms with van der Waals surface area (Å²) >= 11 is 6.00. The average Bonchev–Trinajstić information content (AvgIpc) is 3.11. The van der Waals surface area contributed by atoms with Gasteiger partial charge in [-0.15, -0.1) is 0 Å². The normalized spacial score (nSPS) is 15.1. The van der Waals surface area contributed by atoms with E-state index in [4.69, 9.17) is 20.8 Å². The lowest BCUT2D eigenvalue weighted by Gasteiger charge is -2.31. The molecule has 4 rings (SSSR count). The number of nitrogens with one attached hydrogen (secondary N) is 1. The number of halogens is 1. The maximum Gasteiger partial charge on any atom is 0.298 e. The van der Waals surface area contributed by atoms with Crippen LogP contribution < -0.4 is 15.0 Å². The molecule has 8 heteroatoms. The number of piperidine rings is 1. The first-order chi connectivity index (χ1) is 13.1. The molecule has 1 fully saturated rings. The molecule has 1 aliphatic heterocycles. The molecule has 3 aromatic rings. The van der Waals surface area contributed by atoms with Gasteiger partial charge in [0.1, 0.15) is 5.52 Å². The quantitative estimate of drug-likeness (QED) is 0.741. The number of carbonyl (C=O) groups is 1. The Morgan fingerprint density at radius 1 is 1.30 bits per heavy atom. The zero-order valence-corrected chi connectivity index (χ0v) is 15.6. The van der Waals surface area contributed by atoms with Crippen molar-refractivity contribution in [2.24, 2.45) is 0 Å². The lowest BCUT2D eigenvalue weighted by Crippen LogP contribution is -2.44. The molecular weight excluding hydrogens is 368 g/mol. The van der Waals surface area contributed by atoms with Crippen LogP contribution in [-0.4, -0.2) is 42.1 Å². The summed E-state index contributed by atoms with van der Waals surface area (Å²) in [6.45, 7) is 1.51. The molecule has 0 saturated carbocycles. The van der Waals surface area contributed by atoms with Gasteiger partial charge in [0, 0.05) is 36.4 Å². The molecule has 0 spiro atoms. The average molecular weight is 387 g/mol. The van der Waals surface area contributed by atoms with Crippen LogP contribution in [0.15, 0.2) is 40.9 Å². The summed E-state index contributed by atoms with van der Waals surface area (Å²) in [5.74, 6) is 0.361. The number of oxazole rings is 1. The van der Waals surface area contributed by atoms with Crippen molar-refractivity contribution in [3.05, 3.63) is 47.1 Å². The molecular formula is C19H19ClN4O3. The van der Waals surface area contributed by atoms with Gasteiger partial charge in [0.05, 0.1) is 12.7 Å². The summed E-state index contributed by atoms with van der Waals surface area (Å²) in [5, 5.41) is 3.70. The number of methoxy groups -OCH3 is 1. The van der Waals surface area contributed by atoms with Crippen molar-refractivity contribution in [1.29, 1.82) is 0 Å². The van der Waals surface area contributed by atoms with Crippen LogP contribution in [0.5, 0.6) is 5.88 Å². The molecule has 140 valence electrons. The van der Waals surface area contributed by atoms with E-state index in [1.807, 2.05) is 6.07 Å². The Kier molecular flexibility index (Phi) is 4.85. The number of ether oxygens (including phenoxy) is 1. The molecule has 1 saturated heterocycles. The van der Waals surface area contributed by atoms with Crippen molar-refractivity contribution in [2.45, 2.75) is 18.9 Å². The van der Waals surface area contributed by atoms with E-state index in [2.05, 4.69) is 20.2 Å². The van der Waals surface area contributed by atoms with Crippen molar-refractivity contribution in [3.8, 4) is 5.88 Å². The van der Waals surface area contributed by atoms with Gasteiger partial charge in [-0.05, 0) is 37.1 Å². The number of aromatic nitrogens is 2. The van der Waals surface area contributed by atoms with Gasteiger partial charge >= 0.3 is 0 Å². The molecule has 2 aromatic heterocycles. The van der Waals surface area contributed by atoms with Crippen LogP contribution >= 0.6 is 11.6 Å². The van der Waals surface area contributed by atoms with Crippen LogP contribution in [0.2, 0.25) is 5.02 Å². The second kappa shape index (κ2) is 7.44. The van der Waals surface area contributed by atoms with Gasteiger partial charge in [-0.2, -0.15) is 4.98 Å². The van der Waals surface area contributed by atoms with Gasteiger partial charge in [-0.25, -0.2) is 4.98 Å². The standard InChI is InChI=1S/C19H19ClN4O3/c1-26-17-5-2-12(11-21-17)18(25)22-14-6-8-24(9-7-14)19-23-15-10-13(20)3-4-16(15)27-19/h2-5,10-11,14H,6-9H2,1H3,(H,22,25). The highest BCUT2D eigenvalue weighted by atomic mass is 35.5. The zero-order valence-electron chi connectivity index (χ0n) is 14.8. The molecule has 1 N–H and O–H groups in total. The van der Waals surface area contributed by atoms with Crippen molar-refractivity contribution in [1.82, 2.24) is 15.3 Å². The number of rotatable bonds is 4. The van der Waals surface area contributed by atoms with Crippen molar-refractivity contribution < 1.29 is 13.9 Å². The molecule has 0 bridgehead atoms. The summed E-state index contributed by atoms with van der Waals surface area (Å²) in [4.78, 5) is 23.0. The maximum atomic E-state index is 12.4. The first-order valence-electron chi connectivity index (χ1n) is 8.74. The van der Waals surface area contributed by atoms with E-state index in [9.17, 15) is 4.79 Å². The minimum Gasteiger partial charge on any atom is -0.481 e. The Bertz CT molecular complexity index is 949. The molecule has 0 radical (unpaired) electrons. The minimum atomic E-state index is -0.125. The molecule has 1 aromatic carbocycles. The van der Waals surface area contributed by atoms with Gasteiger partial charge in [-0.3, -0.25) is 4.79 Å². The minimum absolute atomic E-state index is 0.106. The zero-order chi connectivity index (χ0) is 18.8. The van der Waals surface area contributed by atoms with Crippen LogP contribution in [0.1, 0.15) is 23.2 Å². The van der Waals surface area contributed by atoms with Crippen molar-refractivity contribution in [3.63, 3.8) is 0 Å². The summed E-state index contributed by atoms with van der Waals surface area (Å²) in [6, 6.07) is 9.49. The first-order valence-corrected chi connectivity index (χ1v) is 9.12. The maximum absolute atomic E-state index is 12.4. The number of nitrogens with zero attached hydrogens (tertiary/aromatic N) is 3. The van der Waals surface area contributed by atoms with Gasteiger partial charge in [0.15, 0.2) is 5.58 Å². The number of carbonyl (C=O) groups excluding carboxylic acids is 1. The molecule has 27 heavy (non-hydrogen) atoms. The van der Waals surface area contributed by atoms with Gasteiger partial charge in [0.25, 0.3) is 11.9 Å². The predicted octanol–water partition coefficient (Wildman–Crippen LogP) is 3.28. The summed E-state index contributed by atoms with van der Waals surface area (Å²) in [5.41, 5.74) is 1.99. The molecule has 7 nitrogen and oxygen atoms in total. The number of hydrogen-bond acceptors (Lipinski definition) is 6. The largest absolute Gasteiger partial charge is 0.481 e. The third kappa shape index (κ3) is 3.83. The third-order valence-corrected chi connectivity index (χ3v) is 4.88.